The molecule has 0 aliphatic carbocycles. The van der Waals surface area contributed by atoms with E-state index < -0.39 is 0 Å². The molecule has 0 aromatic carbocycles. The van der Waals surface area contributed by atoms with E-state index in [1.165, 1.54) is 0 Å². The molecule has 6 heteroatoms. The maximum Gasteiger partial charge on any atom is 0.227 e. The van der Waals surface area contributed by atoms with Crippen LogP contribution in [0.15, 0.2) is 16.7 Å². The summed E-state index contributed by atoms with van der Waals surface area (Å²) in [5, 5.41) is 6.21. The highest BCUT2D eigenvalue weighted by molar-refractivity contribution is 9.10. The second-order valence-electron chi connectivity index (χ2n) is 4.30. The Bertz CT molecular complexity index is 435. The number of pyridine rings is 1. The summed E-state index contributed by atoms with van der Waals surface area (Å²) in [6.07, 6.45) is 2.20. The Morgan fingerprint density at radius 3 is 3.22 bits per heavy atom. The number of carbonyl (C=O) groups excluding carboxylic acids is 1. The van der Waals surface area contributed by atoms with Crippen LogP contribution in [0.2, 0.25) is 0 Å². The van der Waals surface area contributed by atoms with Crippen molar-refractivity contribution in [2.75, 3.05) is 23.4 Å². The van der Waals surface area contributed by atoms with Gasteiger partial charge >= 0.3 is 0 Å². The Kier molecular flexibility index (Phi) is 5.03. The maximum absolute atomic E-state index is 11.9. The summed E-state index contributed by atoms with van der Waals surface area (Å²) in [5.41, 5.74) is 0.962. The van der Waals surface area contributed by atoms with Gasteiger partial charge in [-0.15, -0.1) is 0 Å². The van der Waals surface area contributed by atoms with E-state index in [4.69, 9.17) is 0 Å². The lowest BCUT2D eigenvalue weighted by Gasteiger charge is -2.22. The van der Waals surface area contributed by atoms with Gasteiger partial charge in [0.25, 0.3) is 0 Å². The molecule has 0 saturated carbocycles. The lowest BCUT2D eigenvalue weighted by Crippen LogP contribution is -2.40. The van der Waals surface area contributed by atoms with E-state index in [0.29, 0.717) is 12.2 Å². The largest absolute Gasteiger partial charge is 0.312 e. The Balaban J connectivity index is 1.90. The molecular formula is C12H16BrN3OS. The third kappa shape index (κ3) is 3.96. The van der Waals surface area contributed by atoms with Crippen molar-refractivity contribution in [3.8, 4) is 0 Å². The van der Waals surface area contributed by atoms with Crippen molar-refractivity contribution < 1.29 is 4.79 Å². The SMILES string of the molecule is Cc1cc(Br)cnc1NC(=O)CC1CSCCN1. The van der Waals surface area contributed by atoms with Crippen molar-refractivity contribution >= 4 is 39.4 Å². The molecule has 1 atom stereocenters. The fraction of sp³-hybridized carbons (Fsp3) is 0.500. The number of amides is 1. The number of thioether (sulfide) groups is 1. The molecule has 1 amide bonds. The first-order chi connectivity index (χ1) is 8.65. The molecule has 0 radical (unpaired) electrons. The predicted molar refractivity (Wildman–Crippen MR) is 79.0 cm³/mol. The van der Waals surface area contributed by atoms with Crippen LogP contribution in [-0.4, -0.2) is 35.0 Å². The number of carbonyl (C=O) groups is 1. The number of nitrogens with zero attached hydrogens (tertiary/aromatic N) is 1. The first kappa shape index (κ1) is 13.8. The monoisotopic (exact) mass is 329 g/mol. The van der Waals surface area contributed by atoms with Crippen LogP contribution >= 0.6 is 27.7 Å². The number of anilines is 1. The molecule has 1 fully saturated rings. The minimum Gasteiger partial charge on any atom is -0.312 e. The Labute approximate surface area is 119 Å². The van der Waals surface area contributed by atoms with Crippen molar-refractivity contribution in [2.24, 2.45) is 0 Å². The predicted octanol–water partition coefficient (Wildman–Crippen LogP) is 2.19. The molecule has 1 aliphatic heterocycles. The van der Waals surface area contributed by atoms with Gasteiger partial charge in [-0.25, -0.2) is 4.98 Å². The van der Waals surface area contributed by atoms with Crippen LogP contribution in [0.1, 0.15) is 12.0 Å². The lowest BCUT2D eigenvalue weighted by atomic mass is 10.2. The zero-order chi connectivity index (χ0) is 13.0. The highest BCUT2D eigenvalue weighted by Gasteiger charge is 2.17. The van der Waals surface area contributed by atoms with Crippen LogP contribution in [0.25, 0.3) is 0 Å². The first-order valence-electron chi connectivity index (χ1n) is 5.88. The van der Waals surface area contributed by atoms with E-state index >= 15 is 0 Å². The quantitative estimate of drug-likeness (QED) is 0.892. The van der Waals surface area contributed by atoms with Crippen LogP contribution in [0, 0.1) is 6.92 Å². The van der Waals surface area contributed by atoms with Gasteiger partial charge in [0.05, 0.1) is 0 Å². The smallest absolute Gasteiger partial charge is 0.227 e. The molecule has 1 aromatic heterocycles. The van der Waals surface area contributed by atoms with E-state index in [2.05, 4.69) is 31.5 Å². The molecule has 98 valence electrons. The summed E-state index contributed by atoms with van der Waals surface area (Å²) in [6, 6.07) is 2.22. The summed E-state index contributed by atoms with van der Waals surface area (Å²) < 4.78 is 0.920. The van der Waals surface area contributed by atoms with E-state index in [0.717, 1.165) is 28.1 Å². The third-order valence-electron chi connectivity index (χ3n) is 2.73. The highest BCUT2D eigenvalue weighted by atomic mass is 79.9. The molecular weight excluding hydrogens is 314 g/mol. The average molecular weight is 330 g/mol. The third-order valence-corrected chi connectivity index (χ3v) is 4.30. The van der Waals surface area contributed by atoms with Crippen molar-refractivity contribution in [3.63, 3.8) is 0 Å². The van der Waals surface area contributed by atoms with Gasteiger partial charge in [0, 0.05) is 41.2 Å². The van der Waals surface area contributed by atoms with Crippen molar-refractivity contribution in [1.29, 1.82) is 0 Å². The number of halogens is 1. The van der Waals surface area contributed by atoms with Crippen molar-refractivity contribution in [3.05, 3.63) is 22.3 Å². The van der Waals surface area contributed by atoms with Crippen LogP contribution in [0.3, 0.4) is 0 Å². The fourth-order valence-corrected chi connectivity index (χ4v) is 3.22. The number of aromatic nitrogens is 1. The maximum atomic E-state index is 11.9. The molecule has 4 nitrogen and oxygen atoms in total. The number of nitrogens with one attached hydrogen (secondary N) is 2. The summed E-state index contributed by atoms with van der Waals surface area (Å²) >= 11 is 5.25. The van der Waals surface area contributed by atoms with Crippen LogP contribution in [-0.2, 0) is 4.79 Å². The van der Waals surface area contributed by atoms with E-state index in [1.54, 1.807) is 6.20 Å². The first-order valence-corrected chi connectivity index (χ1v) is 7.83. The Morgan fingerprint density at radius 2 is 2.56 bits per heavy atom. The number of hydrogen-bond acceptors (Lipinski definition) is 4. The fourth-order valence-electron chi connectivity index (χ4n) is 1.83. The molecule has 2 heterocycles. The zero-order valence-electron chi connectivity index (χ0n) is 10.2. The molecule has 1 saturated heterocycles. The minimum atomic E-state index is 0.0212. The second-order valence-corrected chi connectivity index (χ2v) is 6.36. The summed E-state index contributed by atoms with van der Waals surface area (Å²) in [7, 11) is 0. The van der Waals surface area contributed by atoms with Crippen LogP contribution < -0.4 is 10.6 Å². The van der Waals surface area contributed by atoms with Crippen LogP contribution in [0.5, 0.6) is 0 Å². The number of aryl methyl sites for hydroxylation is 1. The van der Waals surface area contributed by atoms with Gasteiger partial charge in [-0.05, 0) is 34.5 Å². The van der Waals surface area contributed by atoms with E-state index in [1.807, 2.05) is 24.8 Å². The van der Waals surface area contributed by atoms with Crippen molar-refractivity contribution in [2.45, 2.75) is 19.4 Å². The molecule has 0 bridgehead atoms. The van der Waals surface area contributed by atoms with E-state index in [-0.39, 0.29) is 11.9 Å². The van der Waals surface area contributed by atoms with Crippen LogP contribution in [0.4, 0.5) is 5.82 Å². The molecule has 1 aliphatic rings. The average Bonchev–Trinajstić information content (AvgIpc) is 2.34. The molecule has 2 rings (SSSR count). The molecule has 1 aromatic rings. The Hall–Kier alpha value is -0.590. The zero-order valence-corrected chi connectivity index (χ0v) is 12.6. The van der Waals surface area contributed by atoms with Gasteiger partial charge in [0.1, 0.15) is 5.82 Å². The number of hydrogen-bond donors (Lipinski definition) is 2. The van der Waals surface area contributed by atoms with Gasteiger partial charge < -0.3 is 10.6 Å². The van der Waals surface area contributed by atoms with Gasteiger partial charge in [-0.1, -0.05) is 0 Å². The van der Waals surface area contributed by atoms with Gasteiger partial charge in [0.2, 0.25) is 5.91 Å². The molecule has 0 spiro atoms. The summed E-state index contributed by atoms with van der Waals surface area (Å²) in [5.74, 6) is 2.80. The summed E-state index contributed by atoms with van der Waals surface area (Å²) in [4.78, 5) is 16.1. The van der Waals surface area contributed by atoms with Crippen molar-refractivity contribution in [1.82, 2.24) is 10.3 Å². The standard InChI is InChI=1S/C12H16BrN3OS/c1-8-4-9(13)6-15-12(8)16-11(17)5-10-7-18-3-2-14-10/h4,6,10,14H,2-3,5,7H2,1H3,(H,15,16,17). The summed E-state index contributed by atoms with van der Waals surface area (Å²) in [6.45, 7) is 2.92. The molecule has 2 N–H and O–H groups in total. The Morgan fingerprint density at radius 1 is 1.72 bits per heavy atom. The van der Waals surface area contributed by atoms with Gasteiger partial charge in [-0.3, -0.25) is 4.79 Å². The topological polar surface area (TPSA) is 54.0 Å². The normalized spacial score (nSPS) is 19.6. The van der Waals surface area contributed by atoms with E-state index in [9.17, 15) is 4.79 Å². The number of rotatable bonds is 3. The molecule has 18 heavy (non-hydrogen) atoms. The minimum absolute atomic E-state index is 0.0212. The van der Waals surface area contributed by atoms with Gasteiger partial charge in [0.15, 0.2) is 0 Å². The van der Waals surface area contributed by atoms with Gasteiger partial charge in [-0.2, -0.15) is 11.8 Å². The highest BCUT2D eigenvalue weighted by Crippen LogP contribution is 2.17. The second kappa shape index (κ2) is 6.54. The lowest BCUT2D eigenvalue weighted by molar-refractivity contribution is -0.116. The molecule has 1 unspecified atom stereocenters.